The van der Waals surface area contributed by atoms with Gasteiger partial charge in [0.2, 0.25) is 0 Å². The first-order valence-electron chi connectivity index (χ1n) is 8.66. The van der Waals surface area contributed by atoms with E-state index in [4.69, 9.17) is 9.47 Å². The molecule has 0 aromatic heterocycles. The highest BCUT2D eigenvalue weighted by molar-refractivity contribution is 5.69. The van der Waals surface area contributed by atoms with Crippen LogP contribution in [-0.4, -0.2) is 18.7 Å². The quantitative estimate of drug-likeness (QED) is 0.534. The van der Waals surface area contributed by atoms with Gasteiger partial charge in [0.05, 0.1) is 6.61 Å². The topological polar surface area (TPSA) is 35.5 Å². The van der Waals surface area contributed by atoms with Gasteiger partial charge in [-0.15, -0.1) is 0 Å². The molecule has 3 heteroatoms. The van der Waals surface area contributed by atoms with Crippen molar-refractivity contribution in [3.63, 3.8) is 0 Å². The fraction of sp³-hybridized carbons (Fsp3) is 0.632. The summed E-state index contributed by atoms with van der Waals surface area (Å²) in [6.07, 6.45) is 7.14. The highest BCUT2D eigenvalue weighted by atomic mass is 16.5. The van der Waals surface area contributed by atoms with E-state index < -0.39 is 0 Å². The average molecular weight is 304 g/mol. The summed E-state index contributed by atoms with van der Waals surface area (Å²) in [6.45, 7) is 4.78. The molecule has 122 valence electrons. The van der Waals surface area contributed by atoms with E-state index in [2.05, 4.69) is 19.1 Å². The standard InChI is InChI=1S/C19H28O3/c1-3-5-14-21-16-12-10-15(11-13-16)17-8-6-7-9-18(17)22-19(20)4-2/h10-13,17-18H,3-9,14H2,1-2H3. The van der Waals surface area contributed by atoms with Crippen molar-refractivity contribution in [2.45, 2.75) is 70.8 Å². The molecular weight excluding hydrogens is 276 g/mol. The summed E-state index contributed by atoms with van der Waals surface area (Å²) in [5, 5.41) is 0. The molecule has 0 spiro atoms. The normalized spacial score (nSPS) is 21.4. The Labute approximate surface area is 134 Å². The van der Waals surface area contributed by atoms with Crippen LogP contribution in [0.4, 0.5) is 0 Å². The van der Waals surface area contributed by atoms with Crippen molar-refractivity contribution in [1.29, 1.82) is 0 Å². The van der Waals surface area contributed by atoms with Crippen LogP contribution in [0.3, 0.4) is 0 Å². The maximum atomic E-state index is 11.6. The third-order valence-corrected chi connectivity index (χ3v) is 4.35. The van der Waals surface area contributed by atoms with Crippen LogP contribution < -0.4 is 4.74 Å². The lowest BCUT2D eigenvalue weighted by Crippen LogP contribution is -2.28. The molecule has 0 amide bonds. The van der Waals surface area contributed by atoms with Crippen LogP contribution in [0, 0.1) is 0 Å². The van der Waals surface area contributed by atoms with Crippen molar-refractivity contribution in [2.24, 2.45) is 0 Å². The summed E-state index contributed by atoms with van der Waals surface area (Å²) < 4.78 is 11.4. The SMILES string of the molecule is CCCCOc1ccc(C2CCCCC2OC(=O)CC)cc1. The molecule has 0 N–H and O–H groups in total. The van der Waals surface area contributed by atoms with Gasteiger partial charge in [-0.05, 0) is 43.4 Å². The van der Waals surface area contributed by atoms with E-state index in [1.54, 1.807) is 0 Å². The third kappa shape index (κ3) is 4.75. The van der Waals surface area contributed by atoms with Crippen LogP contribution in [0.5, 0.6) is 5.75 Å². The van der Waals surface area contributed by atoms with Gasteiger partial charge in [0.25, 0.3) is 0 Å². The van der Waals surface area contributed by atoms with Gasteiger partial charge < -0.3 is 9.47 Å². The van der Waals surface area contributed by atoms with Gasteiger partial charge in [-0.2, -0.15) is 0 Å². The minimum atomic E-state index is -0.0866. The molecule has 22 heavy (non-hydrogen) atoms. The summed E-state index contributed by atoms with van der Waals surface area (Å²) >= 11 is 0. The summed E-state index contributed by atoms with van der Waals surface area (Å²) in [4.78, 5) is 11.6. The number of hydrogen-bond donors (Lipinski definition) is 0. The minimum Gasteiger partial charge on any atom is -0.494 e. The lowest BCUT2D eigenvalue weighted by molar-refractivity contribution is -0.151. The second-order valence-electron chi connectivity index (χ2n) is 6.04. The minimum absolute atomic E-state index is 0.0352. The van der Waals surface area contributed by atoms with Crippen molar-refractivity contribution in [2.75, 3.05) is 6.61 Å². The van der Waals surface area contributed by atoms with Crippen LogP contribution >= 0.6 is 0 Å². The Morgan fingerprint density at radius 3 is 2.55 bits per heavy atom. The monoisotopic (exact) mass is 304 g/mol. The van der Waals surface area contributed by atoms with Gasteiger partial charge >= 0.3 is 5.97 Å². The lowest BCUT2D eigenvalue weighted by Gasteiger charge is -2.31. The van der Waals surface area contributed by atoms with Crippen molar-refractivity contribution < 1.29 is 14.3 Å². The summed E-state index contributed by atoms with van der Waals surface area (Å²) in [7, 11) is 0. The molecule has 1 saturated carbocycles. The van der Waals surface area contributed by atoms with Gasteiger partial charge in [0.15, 0.2) is 0 Å². The van der Waals surface area contributed by atoms with Crippen molar-refractivity contribution in [1.82, 2.24) is 0 Å². The maximum absolute atomic E-state index is 11.6. The number of carbonyl (C=O) groups excluding carboxylic acids is 1. The molecule has 3 nitrogen and oxygen atoms in total. The molecular formula is C19H28O3. The first-order chi connectivity index (χ1) is 10.7. The number of unbranched alkanes of at least 4 members (excludes halogenated alkanes) is 1. The fourth-order valence-corrected chi connectivity index (χ4v) is 3.02. The smallest absolute Gasteiger partial charge is 0.305 e. The van der Waals surface area contributed by atoms with E-state index in [-0.39, 0.29) is 12.1 Å². The van der Waals surface area contributed by atoms with Gasteiger partial charge in [0, 0.05) is 12.3 Å². The van der Waals surface area contributed by atoms with E-state index in [1.807, 2.05) is 19.1 Å². The van der Waals surface area contributed by atoms with E-state index in [0.717, 1.165) is 44.5 Å². The summed E-state index contributed by atoms with van der Waals surface area (Å²) in [5.41, 5.74) is 1.26. The fourth-order valence-electron chi connectivity index (χ4n) is 3.02. The van der Waals surface area contributed by atoms with Gasteiger partial charge in [-0.1, -0.05) is 38.8 Å². The van der Waals surface area contributed by atoms with E-state index in [9.17, 15) is 4.79 Å². The Hall–Kier alpha value is -1.51. The van der Waals surface area contributed by atoms with Crippen LogP contribution in [-0.2, 0) is 9.53 Å². The molecule has 1 aromatic rings. The van der Waals surface area contributed by atoms with Gasteiger partial charge in [-0.3, -0.25) is 4.79 Å². The number of rotatable bonds is 7. The number of benzene rings is 1. The molecule has 2 rings (SSSR count). The Balaban J connectivity index is 1.99. The molecule has 0 saturated heterocycles. The highest BCUT2D eigenvalue weighted by Crippen LogP contribution is 2.35. The maximum Gasteiger partial charge on any atom is 0.305 e. The van der Waals surface area contributed by atoms with Crippen LogP contribution in [0.15, 0.2) is 24.3 Å². The largest absolute Gasteiger partial charge is 0.494 e. The molecule has 2 unspecified atom stereocenters. The van der Waals surface area contributed by atoms with Crippen LogP contribution in [0.1, 0.15) is 70.3 Å². The molecule has 0 bridgehead atoms. The number of carbonyl (C=O) groups is 1. The van der Waals surface area contributed by atoms with Crippen molar-refractivity contribution >= 4 is 5.97 Å². The number of ether oxygens (including phenoxy) is 2. The molecule has 1 aliphatic carbocycles. The first-order valence-corrected chi connectivity index (χ1v) is 8.66. The van der Waals surface area contributed by atoms with Gasteiger partial charge in [0.1, 0.15) is 11.9 Å². The lowest BCUT2D eigenvalue weighted by atomic mass is 9.81. The second-order valence-corrected chi connectivity index (χ2v) is 6.04. The van der Waals surface area contributed by atoms with Crippen molar-refractivity contribution in [3.8, 4) is 5.75 Å². The second kappa shape index (κ2) is 8.82. The van der Waals surface area contributed by atoms with E-state index in [1.165, 1.54) is 12.0 Å². The van der Waals surface area contributed by atoms with Crippen LogP contribution in [0.2, 0.25) is 0 Å². The molecule has 0 aliphatic heterocycles. The average Bonchev–Trinajstić information content (AvgIpc) is 2.56. The molecule has 1 fully saturated rings. The Bertz CT molecular complexity index is 452. The zero-order valence-electron chi connectivity index (χ0n) is 13.8. The highest BCUT2D eigenvalue weighted by Gasteiger charge is 2.29. The number of esters is 1. The van der Waals surface area contributed by atoms with Gasteiger partial charge in [-0.25, -0.2) is 0 Å². The van der Waals surface area contributed by atoms with E-state index in [0.29, 0.717) is 12.3 Å². The van der Waals surface area contributed by atoms with E-state index >= 15 is 0 Å². The zero-order chi connectivity index (χ0) is 15.8. The molecule has 0 radical (unpaired) electrons. The predicted octanol–water partition coefficient (Wildman–Crippen LogP) is 4.84. The molecule has 1 aliphatic rings. The zero-order valence-corrected chi connectivity index (χ0v) is 13.8. The molecule has 0 heterocycles. The Morgan fingerprint density at radius 2 is 1.86 bits per heavy atom. The Kier molecular flexibility index (Phi) is 6.75. The first kappa shape index (κ1) is 16.9. The predicted molar refractivity (Wildman–Crippen MR) is 88.2 cm³/mol. The summed E-state index contributed by atoms with van der Waals surface area (Å²) in [6, 6.07) is 8.34. The van der Waals surface area contributed by atoms with Crippen LogP contribution in [0.25, 0.3) is 0 Å². The molecule has 1 aromatic carbocycles. The molecule has 2 atom stereocenters. The Morgan fingerprint density at radius 1 is 1.14 bits per heavy atom. The summed E-state index contributed by atoms with van der Waals surface area (Å²) in [5.74, 6) is 1.17. The number of hydrogen-bond acceptors (Lipinski definition) is 3. The van der Waals surface area contributed by atoms with Crippen molar-refractivity contribution in [3.05, 3.63) is 29.8 Å². The third-order valence-electron chi connectivity index (χ3n) is 4.35.